The molecule has 0 atom stereocenters. The van der Waals surface area contributed by atoms with E-state index in [2.05, 4.69) is 19.2 Å². The van der Waals surface area contributed by atoms with Crippen LogP contribution in [0.15, 0.2) is 24.3 Å². The minimum atomic E-state index is -0.00244. The second-order valence-electron chi connectivity index (χ2n) is 8.18. The molecule has 0 radical (unpaired) electrons. The third kappa shape index (κ3) is 4.66. The van der Waals surface area contributed by atoms with Gasteiger partial charge in [-0.25, -0.2) is 0 Å². The summed E-state index contributed by atoms with van der Waals surface area (Å²) >= 11 is 0. The van der Waals surface area contributed by atoms with Gasteiger partial charge < -0.3 is 10.2 Å². The van der Waals surface area contributed by atoms with Crippen LogP contribution in [0.2, 0.25) is 0 Å². The van der Waals surface area contributed by atoms with E-state index in [9.17, 15) is 9.59 Å². The van der Waals surface area contributed by atoms with E-state index in [1.807, 2.05) is 29.2 Å². The second-order valence-corrected chi connectivity index (χ2v) is 8.18. The van der Waals surface area contributed by atoms with Crippen LogP contribution in [-0.4, -0.2) is 35.8 Å². The van der Waals surface area contributed by atoms with Crippen LogP contribution >= 0.6 is 0 Å². The minimum absolute atomic E-state index is 0.00244. The summed E-state index contributed by atoms with van der Waals surface area (Å²) < 4.78 is 0. The average Bonchev–Trinajstić information content (AvgIpc) is 2.68. The highest BCUT2D eigenvalue weighted by atomic mass is 16.2. The normalized spacial score (nSPS) is 19.6. The number of nitrogens with one attached hydrogen (secondary N) is 1. The fourth-order valence-electron chi connectivity index (χ4n) is 4.14. The van der Waals surface area contributed by atoms with Gasteiger partial charge in [-0.05, 0) is 49.3 Å². The van der Waals surface area contributed by atoms with E-state index in [1.54, 1.807) is 0 Å². The van der Waals surface area contributed by atoms with Crippen LogP contribution in [0.25, 0.3) is 0 Å². The molecule has 2 amide bonds. The van der Waals surface area contributed by atoms with Gasteiger partial charge in [0.1, 0.15) is 0 Å². The number of hydrogen-bond acceptors (Lipinski definition) is 2. The Morgan fingerprint density at radius 3 is 2.15 bits per heavy atom. The van der Waals surface area contributed by atoms with E-state index in [0.717, 1.165) is 44.3 Å². The number of rotatable bonds is 4. The summed E-state index contributed by atoms with van der Waals surface area (Å²) in [5, 5.41) is 3.15. The Balaban J connectivity index is 1.47. The predicted molar refractivity (Wildman–Crippen MR) is 104 cm³/mol. The summed E-state index contributed by atoms with van der Waals surface area (Å²) in [6.45, 7) is 5.84. The molecule has 26 heavy (non-hydrogen) atoms. The summed E-state index contributed by atoms with van der Waals surface area (Å²) in [5.74, 6) is 1.06. The molecule has 4 nitrogen and oxygen atoms in total. The molecule has 3 rings (SSSR count). The van der Waals surface area contributed by atoms with E-state index in [-0.39, 0.29) is 17.9 Å². The Kier molecular flexibility index (Phi) is 6.33. The standard InChI is InChI=1S/C22H32N2O2/c1-16(2)17-8-10-18(11-9-17)21(25)23-20-12-14-24(15-13-20)22(26)19-6-4-3-5-7-19/h8-11,16,19-20H,3-7,12-15H2,1-2H3,(H,23,25). The Hall–Kier alpha value is -1.84. The fraction of sp³-hybridized carbons (Fsp3) is 0.636. The summed E-state index contributed by atoms with van der Waals surface area (Å²) in [6, 6.07) is 8.05. The van der Waals surface area contributed by atoms with E-state index >= 15 is 0 Å². The molecule has 0 spiro atoms. The molecule has 0 unspecified atom stereocenters. The van der Waals surface area contributed by atoms with Crippen molar-refractivity contribution in [1.82, 2.24) is 10.2 Å². The number of likely N-dealkylation sites (tertiary alicyclic amines) is 1. The number of amides is 2. The van der Waals surface area contributed by atoms with Gasteiger partial charge in [-0.15, -0.1) is 0 Å². The van der Waals surface area contributed by atoms with Gasteiger partial charge in [-0.1, -0.05) is 45.2 Å². The van der Waals surface area contributed by atoms with Gasteiger partial charge in [-0.2, -0.15) is 0 Å². The van der Waals surface area contributed by atoms with Crippen molar-refractivity contribution in [2.24, 2.45) is 5.92 Å². The summed E-state index contributed by atoms with van der Waals surface area (Å²) in [7, 11) is 0. The summed E-state index contributed by atoms with van der Waals surface area (Å²) in [5.41, 5.74) is 1.96. The second kappa shape index (κ2) is 8.70. The first-order valence-corrected chi connectivity index (χ1v) is 10.2. The van der Waals surface area contributed by atoms with Gasteiger partial charge in [0, 0.05) is 30.6 Å². The van der Waals surface area contributed by atoms with Crippen LogP contribution in [0.1, 0.15) is 80.6 Å². The zero-order chi connectivity index (χ0) is 18.5. The lowest BCUT2D eigenvalue weighted by Gasteiger charge is -2.35. The molecule has 1 aromatic rings. The lowest BCUT2D eigenvalue weighted by atomic mass is 9.87. The van der Waals surface area contributed by atoms with Crippen molar-refractivity contribution < 1.29 is 9.59 Å². The van der Waals surface area contributed by atoms with Crippen molar-refractivity contribution in [1.29, 1.82) is 0 Å². The maximum Gasteiger partial charge on any atom is 0.251 e. The van der Waals surface area contributed by atoms with Gasteiger partial charge in [0.15, 0.2) is 0 Å². The third-order valence-corrected chi connectivity index (χ3v) is 5.94. The Labute approximate surface area is 157 Å². The van der Waals surface area contributed by atoms with Crippen molar-refractivity contribution in [2.45, 2.75) is 70.8 Å². The molecule has 0 aromatic heterocycles. The molecular weight excluding hydrogens is 324 g/mol. The summed E-state index contributed by atoms with van der Waals surface area (Å²) in [4.78, 5) is 27.1. The fourth-order valence-corrected chi connectivity index (χ4v) is 4.14. The highest BCUT2D eigenvalue weighted by Crippen LogP contribution is 2.26. The number of carbonyl (C=O) groups excluding carboxylic acids is 2. The molecular formula is C22H32N2O2. The Morgan fingerprint density at radius 1 is 0.962 bits per heavy atom. The van der Waals surface area contributed by atoms with Crippen LogP contribution in [-0.2, 0) is 4.79 Å². The smallest absolute Gasteiger partial charge is 0.251 e. The molecule has 1 saturated heterocycles. The molecule has 142 valence electrons. The molecule has 1 aliphatic heterocycles. The number of piperidine rings is 1. The van der Waals surface area contributed by atoms with Crippen molar-refractivity contribution in [2.75, 3.05) is 13.1 Å². The molecule has 0 bridgehead atoms. The predicted octanol–water partition coefficient (Wildman–Crippen LogP) is 4.11. The zero-order valence-electron chi connectivity index (χ0n) is 16.2. The van der Waals surface area contributed by atoms with Crippen LogP contribution in [0, 0.1) is 5.92 Å². The molecule has 1 aromatic carbocycles. The van der Waals surface area contributed by atoms with Gasteiger partial charge in [-0.3, -0.25) is 9.59 Å². The van der Waals surface area contributed by atoms with Crippen LogP contribution in [0.5, 0.6) is 0 Å². The first-order chi connectivity index (χ1) is 12.5. The van der Waals surface area contributed by atoms with E-state index in [1.165, 1.54) is 24.8 Å². The lowest BCUT2D eigenvalue weighted by Crippen LogP contribution is -2.48. The topological polar surface area (TPSA) is 49.4 Å². The number of hydrogen-bond donors (Lipinski definition) is 1. The molecule has 1 saturated carbocycles. The van der Waals surface area contributed by atoms with E-state index in [0.29, 0.717) is 11.8 Å². The minimum Gasteiger partial charge on any atom is -0.349 e. The van der Waals surface area contributed by atoms with Gasteiger partial charge in [0.2, 0.25) is 5.91 Å². The third-order valence-electron chi connectivity index (χ3n) is 5.94. The van der Waals surface area contributed by atoms with Crippen molar-refractivity contribution >= 4 is 11.8 Å². The van der Waals surface area contributed by atoms with Gasteiger partial charge in [0.05, 0.1) is 0 Å². The monoisotopic (exact) mass is 356 g/mol. The SMILES string of the molecule is CC(C)c1ccc(C(=O)NC2CCN(C(=O)C3CCCCC3)CC2)cc1. The molecule has 2 aliphatic rings. The molecule has 4 heteroatoms. The largest absolute Gasteiger partial charge is 0.349 e. The average molecular weight is 357 g/mol. The molecule has 1 aliphatic carbocycles. The van der Waals surface area contributed by atoms with Crippen LogP contribution in [0.4, 0.5) is 0 Å². The first kappa shape index (κ1) is 18.9. The van der Waals surface area contributed by atoms with Crippen LogP contribution in [0.3, 0.4) is 0 Å². The Morgan fingerprint density at radius 2 is 1.58 bits per heavy atom. The van der Waals surface area contributed by atoms with Gasteiger partial charge in [0.25, 0.3) is 5.91 Å². The Bertz CT molecular complexity index is 610. The maximum atomic E-state index is 12.6. The lowest BCUT2D eigenvalue weighted by molar-refractivity contribution is -0.137. The van der Waals surface area contributed by atoms with Crippen molar-refractivity contribution in [3.05, 3.63) is 35.4 Å². The van der Waals surface area contributed by atoms with E-state index in [4.69, 9.17) is 0 Å². The number of carbonyl (C=O) groups is 2. The van der Waals surface area contributed by atoms with Gasteiger partial charge >= 0.3 is 0 Å². The zero-order valence-corrected chi connectivity index (χ0v) is 16.2. The quantitative estimate of drug-likeness (QED) is 0.882. The van der Waals surface area contributed by atoms with E-state index < -0.39 is 0 Å². The number of benzene rings is 1. The van der Waals surface area contributed by atoms with Crippen LogP contribution < -0.4 is 5.32 Å². The highest BCUT2D eigenvalue weighted by molar-refractivity contribution is 5.94. The first-order valence-electron chi connectivity index (χ1n) is 10.2. The molecule has 1 N–H and O–H groups in total. The maximum absolute atomic E-state index is 12.6. The number of nitrogens with zero attached hydrogens (tertiary/aromatic N) is 1. The van der Waals surface area contributed by atoms with Crippen molar-refractivity contribution in [3.8, 4) is 0 Å². The van der Waals surface area contributed by atoms with Crippen molar-refractivity contribution in [3.63, 3.8) is 0 Å². The molecule has 1 heterocycles. The highest BCUT2D eigenvalue weighted by Gasteiger charge is 2.29. The molecule has 2 fully saturated rings. The summed E-state index contributed by atoms with van der Waals surface area (Å²) in [6.07, 6.45) is 7.49.